The van der Waals surface area contributed by atoms with Crippen molar-refractivity contribution in [2.45, 2.75) is 25.3 Å². The van der Waals surface area contributed by atoms with E-state index in [-0.39, 0.29) is 24.7 Å². The van der Waals surface area contributed by atoms with Gasteiger partial charge in [0.25, 0.3) is 0 Å². The second kappa shape index (κ2) is 7.46. The van der Waals surface area contributed by atoms with Gasteiger partial charge in [-0.2, -0.15) is 0 Å². The van der Waals surface area contributed by atoms with Gasteiger partial charge in [-0.1, -0.05) is 18.2 Å². The zero-order valence-electron chi connectivity index (χ0n) is 14.5. The van der Waals surface area contributed by atoms with Crippen molar-refractivity contribution in [2.24, 2.45) is 5.92 Å². The van der Waals surface area contributed by atoms with Gasteiger partial charge in [0.1, 0.15) is 17.9 Å². The quantitative estimate of drug-likeness (QED) is 0.595. The highest BCUT2D eigenvalue weighted by Crippen LogP contribution is 2.42. The van der Waals surface area contributed by atoms with Crippen LogP contribution in [0.4, 0.5) is 10.1 Å². The maximum absolute atomic E-state index is 13.9. The largest absolute Gasteiger partial charge is 0.497 e. The summed E-state index contributed by atoms with van der Waals surface area (Å²) in [4.78, 5) is 25.8. The third-order valence-corrected chi connectivity index (χ3v) is 5.22. The number of aryl methyl sites for hydroxylation is 1. The fourth-order valence-corrected chi connectivity index (χ4v) is 3.44. The number of rotatable bonds is 4. The third kappa shape index (κ3) is 3.44. The summed E-state index contributed by atoms with van der Waals surface area (Å²) in [5.41, 5.74) is 2.47. The lowest BCUT2D eigenvalue weighted by Crippen LogP contribution is -2.30. The summed E-state index contributed by atoms with van der Waals surface area (Å²) in [6.07, 6.45) is 0.724. The molecule has 0 radical (unpaired) electrons. The number of hydrogen-bond acceptors (Lipinski definition) is 3. The molecule has 1 heterocycles. The molecule has 1 aliphatic heterocycles. The maximum Gasteiger partial charge on any atom is 0.228 e. The van der Waals surface area contributed by atoms with Crippen LogP contribution in [0.25, 0.3) is 0 Å². The highest BCUT2D eigenvalue weighted by atomic mass is 35.5. The second-order valence-corrected chi connectivity index (χ2v) is 6.86. The van der Waals surface area contributed by atoms with E-state index in [4.69, 9.17) is 16.3 Å². The van der Waals surface area contributed by atoms with Crippen LogP contribution in [-0.2, 0) is 16.1 Å². The first kappa shape index (κ1) is 18.4. The van der Waals surface area contributed by atoms with Crippen molar-refractivity contribution in [1.29, 1.82) is 0 Å². The van der Waals surface area contributed by atoms with Gasteiger partial charge in [-0.15, -0.1) is 11.6 Å². The summed E-state index contributed by atoms with van der Waals surface area (Å²) in [5, 5.41) is -0.614. The van der Waals surface area contributed by atoms with Crippen molar-refractivity contribution in [1.82, 2.24) is 0 Å². The van der Waals surface area contributed by atoms with Gasteiger partial charge < -0.3 is 14.4 Å². The molecule has 26 heavy (non-hydrogen) atoms. The van der Waals surface area contributed by atoms with E-state index >= 15 is 0 Å². The molecule has 0 N–H and O–H groups in total. The molecule has 1 aliphatic rings. The Morgan fingerprint density at radius 2 is 2.08 bits per heavy atom. The lowest BCUT2D eigenvalue weighted by molar-refractivity contribution is -0.122. The molecule has 0 saturated carbocycles. The summed E-state index contributed by atoms with van der Waals surface area (Å²) in [6, 6.07) is 10.1. The number of anilines is 1. The van der Waals surface area contributed by atoms with Crippen molar-refractivity contribution in [3.05, 3.63) is 58.9 Å². The Balaban J connectivity index is 2.07. The lowest BCUT2D eigenvalue weighted by atomic mass is 9.97. The molecule has 1 amide bonds. The summed E-state index contributed by atoms with van der Waals surface area (Å²) in [5.74, 6) is -0.599. The van der Waals surface area contributed by atoms with E-state index in [2.05, 4.69) is 0 Å². The van der Waals surface area contributed by atoms with Gasteiger partial charge in [-0.05, 0) is 35.7 Å². The maximum atomic E-state index is 13.9. The number of nitrogens with zero attached hydrogens (tertiary/aromatic N) is 1. The standard InChI is InChI=1S/C20H19ClFNO3/c1-12-3-4-13(7-17(12)22)10-23-18-9-15(26-2)5-6-16(18)20(21)14(11-24)8-19(23)25/h3-7,9,11,14,20H,8,10H2,1-2H3. The van der Waals surface area contributed by atoms with Crippen LogP contribution in [0, 0.1) is 18.7 Å². The Morgan fingerprint density at radius 1 is 1.31 bits per heavy atom. The van der Waals surface area contributed by atoms with Crippen LogP contribution >= 0.6 is 11.6 Å². The third-order valence-electron chi connectivity index (χ3n) is 4.66. The highest BCUT2D eigenvalue weighted by Gasteiger charge is 2.34. The monoisotopic (exact) mass is 375 g/mol. The van der Waals surface area contributed by atoms with Gasteiger partial charge in [0.05, 0.1) is 24.7 Å². The summed E-state index contributed by atoms with van der Waals surface area (Å²) in [7, 11) is 1.53. The summed E-state index contributed by atoms with van der Waals surface area (Å²) in [6.45, 7) is 1.87. The lowest BCUT2D eigenvalue weighted by Gasteiger charge is -2.24. The Hall–Kier alpha value is -2.40. The van der Waals surface area contributed by atoms with Crippen LogP contribution in [-0.4, -0.2) is 19.3 Å². The first-order valence-electron chi connectivity index (χ1n) is 8.27. The van der Waals surface area contributed by atoms with Gasteiger partial charge >= 0.3 is 0 Å². The number of aldehydes is 1. The number of benzene rings is 2. The van der Waals surface area contributed by atoms with Crippen molar-refractivity contribution in [3.63, 3.8) is 0 Å². The predicted octanol–water partition coefficient (Wildman–Crippen LogP) is 4.17. The normalized spacial score (nSPS) is 19.7. The number of hydrogen-bond donors (Lipinski definition) is 0. The minimum atomic E-state index is -0.615. The van der Waals surface area contributed by atoms with Crippen LogP contribution in [0.3, 0.4) is 0 Å². The Bertz CT molecular complexity index is 855. The molecule has 136 valence electrons. The van der Waals surface area contributed by atoms with Crippen LogP contribution in [0.15, 0.2) is 36.4 Å². The molecule has 0 fully saturated rings. The number of carbonyl (C=O) groups excluding carboxylic acids is 2. The van der Waals surface area contributed by atoms with Crippen LogP contribution in [0.2, 0.25) is 0 Å². The topological polar surface area (TPSA) is 46.6 Å². The zero-order valence-corrected chi connectivity index (χ0v) is 15.3. The van der Waals surface area contributed by atoms with Gasteiger partial charge in [0.15, 0.2) is 0 Å². The van der Waals surface area contributed by atoms with Crippen molar-refractivity contribution in [3.8, 4) is 5.75 Å². The number of amides is 1. The van der Waals surface area contributed by atoms with E-state index in [1.54, 1.807) is 42.2 Å². The Morgan fingerprint density at radius 3 is 2.73 bits per heavy atom. The molecule has 0 aromatic heterocycles. The Labute approximate surface area is 156 Å². The van der Waals surface area contributed by atoms with Gasteiger partial charge in [0, 0.05) is 18.4 Å². The van der Waals surface area contributed by atoms with E-state index in [1.165, 1.54) is 13.2 Å². The minimum absolute atomic E-state index is 0.00298. The van der Waals surface area contributed by atoms with Crippen molar-refractivity contribution < 1.29 is 18.7 Å². The number of halogens is 2. The first-order chi connectivity index (χ1) is 12.4. The molecule has 0 aliphatic carbocycles. The van der Waals surface area contributed by atoms with E-state index in [9.17, 15) is 14.0 Å². The van der Waals surface area contributed by atoms with Gasteiger partial charge in [-0.3, -0.25) is 4.79 Å². The minimum Gasteiger partial charge on any atom is -0.497 e. The van der Waals surface area contributed by atoms with E-state index in [0.717, 1.165) is 6.29 Å². The van der Waals surface area contributed by atoms with Crippen LogP contribution in [0.1, 0.15) is 28.5 Å². The number of ether oxygens (including phenoxy) is 1. The SMILES string of the molecule is COc1ccc2c(c1)N(Cc1ccc(C)c(F)c1)C(=O)CC(C=O)C2Cl. The number of methoxy groups -OCH3 is 1. The zero-order chi connectivity index (χ0) is 18.8. The summed E-state index contributed by atoms with van der Waals surface area (Å²) < 4.78 is 19.2. The second-order valence-electron chi connectivity index (χ2n) is 6.39. The molecule has 6 heteroatoms. The molecule has 4 nitrogen and oxygen atoms in total. The van der Waals surface area contributed by atoms with Crippen molar-refractivity contribution in [2.75, 3.05) is 12.0 Å². The molecule has 0 saturated heterocycles. The highest BCUT2D eigenvalue weighted by molar-refractivity contribution is 6.23. The number of alkyl halides is 1. The predicted molar refractivity (Wildman–Crippen MR) is 98.1 cm³/mol. The fraction of sp³-hybridized carbons (Fsp3) is 0.300. The molecular weight excluding hydrogens is 357 g/mol. The molecule has 0 bridgehead atoms. The fourth-order valence-electron chi connectivity index (χ4n) is 3.11. The van der Waals surface area contributed by atoms with E-state index < -0.39 is 11.3 Å². The summed E-state index contributed by atoms with van der Waals surface area (Å²) >= 11 is 6.48. The van der Waals surface area contributed by atoms with E-state index in [0.29, 0.717) is 28.1 Å². The van der Waals surface area contributed by atoms with Gasteiger partial charge in [-0.25, -0.2) is 4.39 Å². The molecule has 2 aromatic carbocycles. The molecule has 2 atom stereocenters. The van der Waals surface area contributed by atoms with Crippen LogP contribution < -0.4 is 9.64 Å². The van der Waals surface area contributed by atoms with Crippen LogP contribution in [0.5, 0.6) is 5.75 Å². The number of carbonyl (C=O) groups is 2. The molecular formula is C20H19ClFNO3. The Kier molecular flexibility index (Phi) is 5.28. The van der Waals surface area contributed by atoms with Gasteiger partial charge in [0.2, 0.25) is 5.91 Å². The molecule has 0 spiro atoms. The molecule has 2 aromatic rings. The smallest absolute Gasteiger partial charge is 0.228 e. The molecule has 3 rings (SSSR count). The average molecular weight is 376 g/mol. The molecule has 2 unspecified atom stereocenters. The van der Waals surface area contributed by atoms with E-state index in [1.807, 2.05) is 0 Å². The number of fused-ring (bicyclic) bond motifs is 1. The average Bonchev–Trinajstić information content (AvgIpc) is 2.74. The van der Waals surface area contributed by atoms with Crippen molar-refractivity contribution >= 4 is 29.5 Å². The first-order valence-corrected chi connectivity index (χ1v) is 8.71.